The molecular formula is C15H20N2O3. The molecule has 0 aliphatic carbocycles. The Labute approximate surface area is 118 Å². The number of Topliss-reactive ketones (excluding diaryl/α,β-unsaturated/α-hetero) is 1. The first-order valence-corrected chi connectivity index (χ1v) is 6.94. The van der Waals surface area contributed by atoms with Crippen LogP contribution in [0.15, 0.2) is 18.2 Å². The van der Waals surface area contributed by atoms with Crippen molar-refractivity contribution in [1.29, 1.82) is 0 Å². The van der Waals surface area contributed by atoms with E-state index in [0.717, 1.165) is 25.2 Å². The van der Waals surface area contributed by atoms with Gasteiger partial charge in [0, 0.05) is 24.8 Å². The highest BCUT2D eigenvalue weighted by atomic mass is 16.6. The molecule has 0 amide bonds. The molecule has 1 saturated heterocycles. The number of nitro benzene ring substituents is 1. The summed E-state index contributed by atoms with van der Waals surface area (Å²) < 4.78 is 0. The Kier molecular flexibility index (Phi) is 4.06. The van der Waals surface area contributed by atoms with E-state index < -0.39 is 4.92 Å². The monoisotopic (exact) mass is 276 g/mol. The van der Waals surface area contributed by atoms with Crippen LogP contribution in [0.1, 0.15) is 37.6 Å². The summed E-state index contributed by atoms with van der Waals surface area (Å²) in [4.78, 5) is 24.2. The van der Waals surface area contributed by atoms with Gasteiger partial charge in [0.15, 0.2) is 5.78 Å². The van der Waals surface area contributed by atoms with Gasteiger partial charge in [0.25, 0.3) is 5.69 Å². The lowest BCUT2D eigenvalue weighted by Crippen LogP contribution is -2.21. The molecule has 1 aliphatic heterocycles. The van der Waals surface area contributed by atoms with Crippen molar-refractivity contribution in [3.05, 3.63) is 33.9 Å². The van der Waals surface area contributed by atoms with Crippen molar-refractivity contribution in [2.24, 2.45) is 11.8 Å². The van der Waals surface area contributed by atoms with Crippen molar-refractivity contribution in [2.75, 3.05) is 18.0 Å². The number of hydrogen-bond donors (Lipinski definition) is 0. The number of nitrogens with zero attached hydrogens (tertiary/aromatic N) is 2. The number of benzene rings is 1. The van der Waals surface area contributed by atoms with Gasteiger partial charge in [-0.1, -0.05) is 13.8 Å². The Morgan fingerprint density at radius 2 is 2.15 bits per heavy atom. The van der Waals surface area contributed by atoms with Crippen molar-refractivity contribution in [3.63, 3.8) is 0 Å². The smallest absolute Gasteiger partial charge is 0.282 e. The van der Waals surface area contributed by atoms with Crippen molar-refractivity contribution in [2.45, 2.75) is 27.2 Å². The van der Waals surface area contributed by atoms with Gasteiger partial charge >= 0.3 is 0 Å². The zero-order valence-corrected chi connectivity index (χ0v) is 12.1. The SMILES string of the molecule is CC(=O)c1ccc(N2CCC(C(C)C)C2)cc1[N+](=O)[O-]. The summed E-state index contributed by atoms with van der Waals surface area (Å²) >= 11 is 0. The zero-order chi connectivity index (χ0) is 14.9. The highest BCUT2D eigenvalue weighted by Crippen LogP contribution is 2.31. The first-order chi connectivity index (χ1) is 9.40. The minimum absolute atomic E-state index is 0.0944. The lowest BCUT2D eigenvalue weighted by atomic mass is 9.95. The van der Waals surface area contributed by atoms with Gasteiger partial charge < -0.3 is 4.90 Å². The van der Waals surface area contributed by atoms with Crippen molar-refractivity contribution >= 4 is 17.2 Å². The summed E-state index contributed by atoms with van der Waals surface area (Å²) in [6.07, 6.45) is 1.11. The fourth-order valence-electron chi connectivity index (χ4n) is 2.73. The molecule has 2 rings (SSSR count). The summed E-state index contributed by atoms with van der Waals surface area (Å²) in [7, 11) is 0. The van der Waals surface area contributed by atoms with E-state index in [9.17, 15) is 14.9 Å². The maximum atomic E-state index is 11.4. The first kappa shape index (κ1) is 14.5. The van der Waals surface area contributed by atoms with Gasteiger partial charge in [-0.3, -0.25) is 14.9 Å². The summed E-state index contributed by atoms with van der Waals surface area (Å²) in [6, 6.07) is 4.91. The van der Waals surface area contributed by atoms with Crippen LogP contribution in [0.2, 0.25) is 0 Å². The molecule has 1 aliphatic rings. The predicted molar refractivity (Wildman–Crippen MR) is 78.3 cm³/mol. The molecule has 0 N–H and O–H groups in total. The number of carbonyl (C=O) groups excluding carboxylic acids is 1. The third-order valence-corrected chi connectivity index (χ3v) is 4.09. The van der Waals surface area contributed by atoms with E-state index in [-0.39, 0.29) is 17.0 Å². The van der Waals surface area contributed by atoms with E-state index in [0.29, 0.717) is 11.8 Å². The van der Waals surface area contributed by atoms with Crippen molar-refractivity contribution < 1.29 is 9.72 Å². The minimum atomic E-state index is -0.476. The van der Waals surface area contributed by atoms with E-state index in [1.807, 2.05) is 6.07 Å². The molecule has 1 aromatic carbocycles. The molecule has 108 valence electrons. The Morgan fingerprint density at radius 1 is 1.45 bits per heavy atom. The fraction of sp³-hybridized carbons (Fsp3) is 0.533. The van der Waals surface area contributed by atoms with Gasteiger partial charge in [-0.05, 0) is 37.3 Å². The van der Waals surface area contributed by atoms with Gasteiger partial charge in [-0.2, -0.15) is 0 Å². The maximum absolute atomic E-state index is 11.4. The van der Waals surface area contributed by atoms with E-state index in [2.05, 4.69) is 18.7 Å². The summed E-state index contributed by atoms with van der Waals surface area (Å²) in [5.74, 6) is 0.970. The molecule has 0 spiro atoms. The second-order valence-corrected chi connectivity index (χ2v) is 5.75. The van der Waals surface area contributed by atoms with E-state index in [1.165, 1.54) is 13.0 Å². The molecule has 1 atom stereocenters. The average molecular weight is 276 g/mol. The van der Waals surface area contributed by atoms with Crippen molar-refractivity contribution in [1.82, 2.24) is 0 Å². The van der Waals surface area contributed by atoms with Crippen LogP contribution in [0.5, 0.6) is 0 Å². The number of anilines is 1. The number of nitro groups is 1. The second-order valence-electron chi connectivity index (χ2n) is 5.75. The fourth-order valence-corrected chi connectivity index (χ4v) is 2.73. The summed E-state index contributed by atoms with van der Waals surface area (Å²) in [6.45, 7) is 7.60. The van der Waals surface area contributed by atoms with Gasteiger partial charge in [0.05, 0.1) is 10.5 Å². The lowest BCUT2D eigenvalue weighted by Gasteiger charge is -2.20. The van der Waals surface area contributed by atoms with Crippen molar-refractivity contribution in [3.8, 4) is 0 Å². The third-order valence-electron chi connectivity index (χ3n) is 4.09. The van der Waals surface area contributed by atoms with Crippen LogP contribution in [0.3, 0.4) is 0 Å². The van der Waals surface area contributed by atoms with Crippen LogP contribution in [-0.4, -0.2) is 23.8 Å². The molecule has 0 radical (unpaired) electrons. The van der Waals surface area contributed by atoms with Crippen LogP contribution in [0, 0.1) is 22.0 Å². The molecule has 1 unspecified atom stereocenters. The predicted octanol–water partition coefficient (Wildman–Crippen LogP) is 3.28. The van der Waals surface area contributed by atoms with E-state index >= 15 is 0 Å². The summed E-state index contributed by atoms with van der Waals surface area (Å²) in [5, 5.41) is 11.1. The zero-order valence-electron chi connectivity index (χ0n) is 12.1. The molecule has 0 saturated carbocycles. The van der Waals surface area contributed by atoms with Crippen LogP contribution in [0.25, 0.3) is 0 Å². The Hall–Kier alpha value is -1.91. The molecule has 0 bridgehead atoms. The topological polar surface area (TPSA) is 63.5 Å². The molecule has 0 aromatic heterocycles. The number of hydrogen-bond acceptors (Lipinski definition) is 4. The number of carbonyl (C=O) groups is 1. The first-order valence-electron chi connectivity index (χ1n) is 6.94. The Morgan fingerprint density at radius 3 is 2.65 bits per heavy atom. The van der Waals surface area contributed by atoms with E-state index in [4.69, 9.17) is 0 Å². The third kappa shape index (κ3) is 2.81. The van der Waals surface area contributed by atoms with Crippen LogP contribution in [0.4, 0.5) is 11.4 Å². The van der Waals surface area contributed by atoms with Crippen LogP contribution in [-0.2, 0) is 0 Å². The number of ketones is 1. The molecule has 5 nitrogen and oxygen atoms in total. The average Bonchev–Trinajstić information content (AvgIpc) is 2.87. The van der Waals surface area contributed by atoms with Crippen LogP contribution < -0.4 is 4.90 Å². The second kappa shape index (κ2) is 5.61. The molecule has 1 fully saturated rings. The van der Waals surface area contributed by atoms with Gasteiger partial charge in [-0.15, -0.1) is 0 Å². The maximum Gasteiger partial charge on any atom is 0.282 e. The Bertz CT molecular complexity index is 540. The molecular weight excluding hydrogens is 256 g/mol. The normalized spacial score (nSPS) is 18.6. The quantitative estimate of drug-likeness (QED) is 0.481. The largest absolute Gasteiger partial charge is 0.371 e. The highest BCUT2D eigenvalue weighted by molar-refractivity contribution is 5.98. The Balaban J connectivity index is 2.28. The highest BCUT2D eigenvalue weighted by Gasteiger charge is 2.27. The van der Waals surface area contributed by atoms with Gasteiger partial charge in [0.2, 0.25) is 0 Å². The molecule has 1 aromatic rings. The molecule has 1 heterocycles. The minimum Gasteiger partial charge on any atom is -0.371 e. The standard InChI is InChI=1S/C15H20N2O3/c1-10(2)12-6-7-16(9-12)13-4-5-14(11(3)18)15(8-13)17(19)20/h4-5,8,10,12H,6-7,9H2,1-3H3. The molecule has 20 heavy (non-hydrogen) atoms. The van der Waals surface area contributed by atoms with Gasteiger partial charge in [-0.25, -0.2) is 0 Å². The summed E-state index contributed by atoms with van der Waals surface area (Å²) in [5.41, 5.74) is 0.922. The lowest BCUT2D eigenvalue weighted by molar-refractivity contribution is -0.385. The van der Waals surface area contributed by atoms with Gasteiger partial charge in [0.1, 0.15) is 0 Å². The molecule has 5 heteroatoms. The number of rotatable bonds is 4. The van der Waals surface area contributed by atoms with E-state index in [1.54, 1.807) is 6.07 Å². The van der Waals surface area contributed by atoms with Crippen LogP contribution >= 0.6 is 0 Å².